The highest BCUT2D eigenvalue weighted by molar-refractivity contribution is 6.31. The van der Waals surface area contributed by atoms with Crippen molar-refractivity contribution in [2.24, 2.45) is 0 Å². The Morgan fingerprint density at radius 3 is 2.67 bits per heavy atom. The average molecular weight is 555 g/mol. The zero-order valence-electron chi connectivity index (χ0n) is 21.6. The van der Waals surface area contributed by atoms with Gasteiger partial charge in [0.25, 0.3) is 11.8 Å². The molecule has 7 rings (SSSR count). The summed E-state index contributed by atoms with van der Waals surface area (Å²) in [4.78, 5) is 35.0. The molecule has 0 radical (unpaired) electrons. The fraction of sp³-hybridized carbons (Fsp3) is 0.200. The number of carbonyl (C=O) groups excluding carboxylic acids is 2. The first-order chi connectivity index (χ1) is 19.4. The minimum atomic E-state index is -0.779. The summed E-state index contributed by atoms with van der Waals surface area (Å²) in [6.07, 6.45) is 5.25. The zero-order chi connectivity index (χ0) is 27.5. The van der Waals surface area contributed by atoms with Gasteiger partial charge in [0.1, 0.15) is 17.0 Å². The van der Waals surface area contributed by atoms with Crippen LogP contribution in [0.1, 0.15) is 21.6 Å². The molecule has 1 atom stereocenters. The first-order valence-corrected chi connectivity index (χ1v) is 13.4. The molecule has 0 saturated heterocycles. The van der Waals surface area contributed by atoms with Gasteiger partial charge in [0.15, 0.2) is 5.69 Å². The van der Waals surface area contributed by atoms with Crippen molar-refractivity contribution in [3.8, 4) is 11.1 Å². The topological polar surface area (TPSA) is 76.3 Å². The summed E-state index contributed by atoms with van der Waals surface area (Å²) >= 11 is 6.67. The second kappa shape index (κ2) is 9.31. The minimum Gasteiger partial charge on any atom is -0.343 e. The van der Waals surface area contributed by atoms with Gasteiger partial charge < -0.3 is 14.4 Å². The minimum absolute atomic E-state index is 0.197. The van der Waals surface area contributed by atoms with Gasteiger partial charge in [-0.15, -0.1) is 0 Å². The Morgan fingerprint density at radius 1 is 1.05 bits per heavy atom. The maximum absolute atomic E-state index is 14.8. The van der Waals surface area contributed by atoms with Crippen molar-refractivity contribution in [2.75, 3.05) is 18.5 Å². The highest BCUT2D eigenvalue weighted by Crippen LogP contribution is 2.39. The lowest BCUT2D eigenvalue weighted by Crippen LogP contribution is -2.53. The van der Waals surface area contributed by atoms with Crippen molar-refractivity contribution >= 4 is 40.0 Å². The standard InChI is InChI=1S/C30H24ClFN6O2/c1-35-24-9-5-8-19-22(21-14-33-12-10-23(21)32)16-36(27(19)24)17-25(29(35)39)37-13-11-20-26(30(37)40)34-38(28(20)31)15-18-6-3-2-4-7-18/h2-10,12,14,16,25H,11,13,15,17H2,1H3/t25-/m0/s1. The highest BCUT2D eigenvalue weighted by Gasteiger charge is 2.41. The maximum atomic E-state index is 14.8. The zero-order valence-corrected chi connectivity index (χ0v) is 22.3. The number of rotatable bonds is 4. The molecule has 3 aromatic heterocycles. The van der Waals surface area contributed by atoms with Crippen LogP contribution in [-0.2, 0) is 24.3 Å². The van der Waals surface area contributed by atoms with E-state index in [1.54, 1.807) is 21.5 Å². The maximum Gasteiger partial charge on any atom is 0.275 e. The van der Waals surface area contributed by atoms with E-state index in [0.29, 0.717) is 47.0 Å². The number of carbonyl (C=O) groups is 2. The summed E-state index contributed by atoms with van der Waals surface area (Å²) < 4.78 is 18.4. The molecule has 2 amide bonds. The van der Waals surface area contributed by atoms with E-state index < -0.39 is 6.04 Å². The number of aromatic nitrogens is 4. The van der Waals surface area contributed by atoms with Crippen molar-refractivity contribution in [3.05, 3.63) is 101 Å². The van der Waals surface area contributed by atoms with E-state index >= 15 is 0 Å². The van der Waals surface area contributed by atoms with Crippen molar-refractivity contribution < 1.29 is 14.0 Å². The summed E-state index contributed by atoms with van der Waals surface area (Å²) in [6.45, 7) is 0.991. The predicted octanol–water partition coefficient (Wildman–Crippen LogP) is 4.78. The molecule has 0 N–H and O–H groups in total. The largest absolute Gasteiger partial charge is 0.343 e. The van der Waals surface area contributed by atoms with Crippen LogP contribution in [0.3, 0.4) is 0 Å². The number of fused-ring (bicyclic) bond motifs is 1. The molecule has 10 heteroatoms. The first kappa shape index (κ1) is 24.5. The molecule has 0 spiro atoms. The number of nitrogens with zero attached hydrogens (tertiary/aromatic N) is 6. The SMILES string of the molecule is CN1C(=O)[C@@H](N2CCc3c(nn(Cc4ccccc4)c3Cl)C2=O)Cn2cc(-c3cnccc3F)c3cccc1c32. The normalized spacial score (nSPS) is 16.9. The predicted molar refractivity (Wildman–Crippen MR) is 150 cm³/mol. The monoisotopic (exact) mass is 554 g/mol. The van der Waals surface area contributed by atoms with Crippen LogP contribution in [0.4, 0.5) is 10.1 Å². The van der Waals surface area contributed by atoms with Gasteiger partial charge >= 0.3 is 0 Å². The number of likely N-dealkylation sites (N-methyl/N-ethyl adjacent to an activating group) is 1. The van der Waals surface area contributed by atoms with Gasteiger partial charge in [-0.2, -0.15) is 5.10 Å². The number of pyridine rings is 1. The van der Waals surface area contributed by atoms with Gasteiger partial charge in [0.05, 0.1) is 24.3 Å². The van der Waals surface area contributed by atoms with Gasteiger partial charge in [-0.25, -0.2) is 9.07 Å². The van der Waals surface area contributed by atoms with E-state index in [4.69, 9.17) is 11.6 Å². The second-order valence-electron chi connectivity index (χ2n) is 10.1. The quantitative estimate of drug-likeness (QED) is 0.320. The number of para-hydroxylation sites is 1. The average Bonchev–Trinajstić information content (AvgIpc) is 3.47. The fourth-order valence-corrected chi connectivity index (χ4v) is 6.17. The van der Waals surface area contributed by atoms with Crippen LogP contribution in [0.2, 0.25) is 5.15 Å². The molecule has 5 heterocycles. The summed E-state index contributed by atoms with van der Waals surface area (Å²) in [5.41, 5.74) is 4.56. The second-order valence-corrected chi connectivity index (χ2v) is 10.5. The number of halogens is 2. The Bertz CT molecular complexity index is 1810. The van der Waals surface area contributed by atoms with Crippen molar-refractivity contribution in [1.29, 1.82) is 0 Å². The molecule has 0 bridgehead atoms. The first-order valence-electron chi connectivity index (χ1n) is 13.0. The van der Waals surface area contributed by atoms with Crippen LogP contribution in [0.25, 0.3) is 22.0 Å². The lowest BCUT2D eigenvalue weighted by molar-refractivity contribution is -0.123. The molecular weight excluding hydrogens is 531 g/mol. The fourth-order valence-electron chi connectivity index (χ4n) is 5.88. The number of amides is 2. The molecule has 40 heavy (non-hydrogen) atoms. The van der Waals surface area contributed by atoms with Crippen LogP contribution in [-0.4, -0.2) is 55.7 Å². The molecular formula is C30H24ClFN6O2. The van der Waals surface area contributed by atoms with Gasteiger partial charge in [-0.3, -0.25) is 14.6 Å². The summed E-state index contributed by atoms with van der Waals surface area (Å²) in [5.74, 6) is -0.897. The third kappa shape index (κ3) is 3.72. The third-order valence-electron chi connectivity index (χ3n) is 7.88. The summed E-state index contributed by atoms with van der Waals surface area (Å²) in [6, 6.07) is 16.0. The summed E-state index contributed by atoms with van der Waals surface area (Å²) in [7, 11) is 1.71. The van der Waals surface area contributed by atoms with Crippen LogP contribution in [0.5, 0.6) is 0 Å². The molecule has 2 aromatic carbocycles. The van der Waals surface area contributed by atoms with Gasteiger partial charge in [0, 0.05) is 54.3 Å². The van der Waals surface area contributed by atoms with Crippen LogP contribution >= 0.6 is 11.6 Å². The van der Waals surface area contributed by atoms with Crippen molar-refractivity contribution in [3.63, 3.8) is 0 Å². The van der Waals surface area contributed by atoms with Crippen LogP contribution in [0, 0.1) is 5.82 Å². The molecule has 2 aliphatic rings. The smallest absolute Gasteiger partial charge is 0.275 e. The Morgan fingerprint density at radius 2 is 1.88 bits per heavy atom. The third-order valence-corrected chi connectivity index (χ3v) is 8.30. The Balaban J connectivity index is 1.27. The van der Waals surface area contributed by atoms with E-state index in [1.807, 2.05) is 59.3 Å². The molecule has 0 saturated carbocycles. The van der Waals surface area contributed by atoms with Gasteiger partial charge in [0.2, 0.25) is 0 Å². The van der Waals surface area contributed by atoms with E-state index in [-0.39, 0.29) is 29.9 Å². The molecule has 8 nitrogen and oxygen atoms in total. The number of hydrogen-bond donors (Lipinski definition) is 0. The lowest BCUT2D eigenvalue weighted by atomic mass is 10.0. The Kier molecular flexibility index (Phi) is 5.71. The molecule has 0 aliphatic carbocycles. The van der Waals surface area contributed by atoms with E-state index in [9.17, 15) is 14.0 Å². The Labute approximate surface area is 234 Å². The van der Waals surface area contributed by atoms with Gasteiger partial charge in [-0.1, -0.05) is 54.1 Å². The summed E-state index contributed by atoms with van der Waals surface area (Å²) in [5, 5.41) is 5.84. The van der Waals surface area contributed by atoms with Crippen LogP contribution in [0.15, 0.2) is 73.2 Å². The molecule has 5 aromatic rings. The van der Waals surface area contributed by atoms with E-state index in [1.165, 1.54) is 18.5 Å². The molecule has 2 aliphatic heterocycles. The molecule has 0 unspecified atom stereocenters. The number of hydrogen-bond acceptors (Lipinski definition) is 4. The number of anilines is 1. The molecule has 0 fully saturated rings. The lowest BCUT2D eigenvalue weighted by Gasteiger charge is -2.34. The van der Waals surface area contributed by atoms with E-state index in [0.717, 1.165) is 16.5 Å². The van der Waals surface area contributed by atoms with Crippen LogP contribution < -0.4 is 4.90 Å². The number of benzene rings is 2. The van der Waals surface area contributed by atoms with Gasteiger partial charge in [-0.05, 0) is 24.1 Å². The van der Waals surface area contributed by atoms with Crippen molar-refractivity contribution in [1.82, 2.24) is 24.2 Å². The highest BCUT2D eigenvalue weighted by atomic mass is 35.5. The molecule has 200 valence electrons. The van der Waals surface area contributed by atoms with Crippen molar-refractivity contribution in [2.45, 2.75) is 25.6 Å². The van der Waals surface area contributed by atoms with E-state index in [2.05, 4.69) is 10.1 Å². The Hall–Kier alpha value is -4.50.